The summed E-state index contributed by atoms with van der Waals surface area (Å²) in [4.78, 5) is 32.1. The zero-order chi connectivity index (χ0) is 22.5. The predicted molar refractivity (Wildman–Crippen MR) is 121 cm³/mol. The SMILES string of the molecule is CCCCOc1ccc([C@@H]2C(C(=O)OC(C)C)=C(C)N=C3SCCC(=O)N32)cc1OC. The van der Waals surface area contributed by atoms with Gasteiger partial charge in [0.25, 0.3) is 0 Å². The summed E-state index contributed by atoms with van der Waals surface area (Å²) in [5.74, 6) is 1.34. The lowest BCUT2D eigenvalue weighted by Crippen LogP contribution is -2.46. The summed E-state index contributed by atoms with van der Waals surface area (Å²) in [6.45, 7) is 8.08. The summed E-state index contributed by atoms with van der Waals surface area (Å²) in [5.41, 5.74) is 1.68. The van der Waals surface area contributed by atoms with Crippen LogP contribution in [0.1, 0.15) is 58.6 Å². The van der Waals surface area contributed by atoms with E-state index in [1.807, 2.05) is 18.2 Å². The Hall–Kier alpha value is -2.48. The molecule has 0 spiro atoms. The first-order valence-corrected chi connectivity index (χ1v) is 11.6. The molecule has 8 heteroatoms. The first-order valence-electron chi connectivity index (χ1n) is 10.6. The number of benzene rings is 1. The number of amidine groups is 1. The molecule has 1 aromatic carbocycles. The topological polar surface area (TPSA) is 77.4 Å². The monoisotopic (exact) mass is 446 g/mol. The van der Waals surface area contributed by atoms with Crippen LogP contribution in [-0.4, -0.2) is 47.5 Å². The largest absolute Gasteiger partial charge is 0.493 e. The molecule has 0 aromatic heterocycles. The van der Waals surface area contributed by atoms with Gasteiger partial charge in [-0.25, -0.2) is 9.79 Å². The minimum atomic E-state index is -0.627. The molecule has 31 heavy (non-hydrogen) atoms. The number of rotatable bonds is 8. The second-order valence-corrected chi connectivity index (χ2v) is 8.79. The fourth-order valence-corrected chi connectivity index (χ4v) is 4.56. The van der Waals surface area contributed by atoms with Gasteiger partial charge < -0.3 is 14.2 Å². The number of hydrogen-bond acceptors (Lipinski definition) is 7. The number of allylic oxidation sites excluding steroid dienone is 1. The van der Waals surface area contributed by atoms with Crippen molar-refractivity contribution >= 4 is 28.8 Å². The molecule has 1 aromatic rings. The van der Waals surface area contributed by atoms with Gasteiger partial charge in [-0.05, 0) is 44.9 Å². The van der Waals surface area contributed by atoms with E-state index in [9.17, 15) is 9.59 Å². The highest BCUT2D eigenvalue weighted by Crippen LogP contribution is 2.42. The second-order valence-electron chi connectivity index (χ2n) is 7.72. The van der Waals surface area contributed by atoms with Crippen LogP contribution in [-0.2, 0) is 14.3 Å². The summed E-state index contributed by atoms with van der Waals surface area (Å²) >= 11 is 1.52. The number of aliphatic imine (C=N–C) groups is 1. The van der Waals surface area contributed by atoms with Gasteiger partial charge in [-0.15, -0.1) is 0 Å². The molecule has 1 amide bonds. The van der Waals surface area contributed by atoms with Crippen LogP contribution in [0.4, 0.5) is 0 Å². The van der Waals surface area contributed by atoms with Crippen LogP contribution in [0.5, 0.6) is 11.5 Å². The third-order valence-corrected chi connectivity index (χ3v) is 5.98. The quantitative estimate of drug-likeness (QED) is 0.433. The van der Waals surface area contributed by atoms with Crippen molar-refractivity contribution in [2.24, 2.45) is 4.99 Å². The molecule has 168 valence electrons. The lowest BCUT2D eigenvalue weighted by molar-refractivity contribution is -0.143. The first-order chi connectivity index (χ1) is 14.9. The minimum absolute atomic E-state index is 0.0629. The van der Waals surface area contributed by atoms with Gasteiger partial charge in [-0.2, -0.15) is 0 Å². The van der Waals surface area contributed by atoms with Gasteiger partial charge in [-0.3, -0.25) is 9.69 Å². The van der Waals surface area contributed by atoms with Crippen molar-refractivity contribution in [2.45, 2.75) is 59.1 Å². The Morgan fingerprint density at radius 1 is 1.32 bits per heavy atom. The summed E-state index contributed by atoms with van der Waals surface area (Å²) in [5, 5.41) is 0.613. The van der Waals surface area contributed by atoms with E-state index in [2.05, 4.69) is 11.9 Å². The van der Waals surface area contributed by atoms with Crippen LogP contribution in [0.15, 0.2) is 34.5 Å². The maximum Gasteiger partial charge on any atom is 0.338 e. The zero-order valence-electron chi connectivity index (χ0n) is 18.8. The summed E-state index contributed by atoms with van der Waals surface area (Å²) in [7, 11) is 1.58. The van der Waals surface area contributed by atoms with Crippen molar-refractivity contribution in [1.82, 2.24) is 4.90 Å². The second kappa shape index (κ2) is 10.2. The van der Waals surface area contributed by atoms with Crippen molar-refractivity contribution in [1.29, 1.82) is 0 Å². The molecule has 0 saturated carbocycles. The Bertz CT molecular complexity index is 909. The van der Waals surface area contributed by atoms with E-state index in [1.54, 1.807) is 32.8 Å². The Morgan fingerprint density at radius 3 is 2.77 bits per heavy atom. The maximum atomic E-state index is 13.0. The number of nitrogens with zero attached hydrogens (tertiary/aromatic N) is 2. The van der Waals surface area contributed by atoms with Crippen molar-refractivity contribution in [3.8, 4) is 11.5 Å². The Morgan fingerprint density at radius 2 is 2.10 bits per heavy atom. The van der Waals surface area contributed by atoms with Crippen LogP contribution in [0.3, 0.4) is 0 Å². The van der Waals surface area contributed by atoms with Gasteiger partial charge in [0.15, 0.2) is 16.7 Å². The van der Waals surface area contributed by atoms with Crippen LogP contribution < -0.4 is 9.47 Å². The van der Waals surface area contributed by atoms with E-state index in [-0.39, 0.29) is 12.0 Å². The average molecular weight is 447 g/mol. The lowest BCUT2D eigenvalue weighted by Gasteiger charge is -2.39. The van der Waals surface area contributed by atoms with Gasteiger partial charge in [-0.1, -0.05) is 31.2 Å². The molecule has 0 N–H and O–H groups in total. The molecule has 7 nitrogen and oxygen atoms in total. The van der Waals surface area contributed by atoms with Gasteiger partial charge in [0.05, 0.1) is 37.1 Å². The van der Waals surface area contributed by atoms with Crippen molar-refractivity contribution < 1.29 is 23.8 Å². The Balaban J connectivity index is 2.06. The predicted octanol–water partition coefficient (Wildman–Crippen LogP) is 4.48. The fourth-order valence-electron chi connectivity index (χ4n) is 3.55. The number of thioether (sulfide) groups is 1. The van der Waals surface area contributed by atoms with Crippen molar-refractivity contribution in [3.05, 3.63) is 35.0 Å². The average Bonchev–Trinajstić information content (AvgIpc) is 2.72. The molecule has 1 atom stereocenters. The van der Waals surface area contributed by atoms with E-state index < -0.39 is 12.0 Å². The van der Waals surface area contributed by atoms with Crippen LogP contribution in [0.25, 0.3) is 0 Å². The van der Waals surface area contributed by atoms with Gasteiger partial charge >= 0.3 is 5.97 Å². The standard InChI is InChI=1S/C23H30N2O5S/c1-6-7-11-29-17-9-8-16(13-18(17)28-5)21-20(22(27)30-14(2)3)15(4)24-23-25(21)19(26)10-12-31-23/h8-9,13-14,21H,6-7,10-12H2,1-5H3/t21-/m1/s1. The normalized spacial score (nSPS) is 18.6. The first kappa shape index (κ1) is 23.2. The zero-order valence-corrected chi connectivity index (χ0v) is 19.6. The number of methoxy groups -OCH3 is 1. The molecule has 0 radical (unpaired) electrons. The van der Waals surface area contributed by atoms with Crippen molar-refractivity contribution in [3.63, 3.8) is 0 Å². The summed E-state index contributed by atoms with van der Waals surface area (Å²) in [6, 6.07) is 4.91. The number of esters is 1. The highest BCUT2D eigenvalue weighted by atomic mass is 32.2. The molecule has 0 aliphatic carbocycles. The molecule has 1 fully saturated rings. The highest BCUT2D eigenvalue weighted by Gasteiger charge is 2.42. The molecular weight excluding hydrogens is 416 g/mol. The smallest absolute Gasteiger partial charge is 0.338 e. The molecule has 1 saturated heterocycles. The van der Waals surface area contributed by atoms with Gasteiger partial charge in [0.1, 0.15) is 0 Å². The number of carbonyl (C=O) groups is 2. The minimum Gasteiger partial charge on any atom is -0.493 e. The number of ether oxygens (including phenoxy) is 3. The molecule has 0 bridgehead atoms. The summed E-state index contributed by atoms with van der Waals surface area (Å²) < 4.78 is 16.9. The Kier molecular flexibility index (Phi) is 7.64. The van der Waals surface area contributed by atoms with E-state index in [0.717, 1.165) is 18.4 Å². The van der Waals surface area contributed by atoms with Gasteiger partial charge in [0.2, 0.25) is 5.91 Å². The van der Waals surface area contributed by atoms with E-state index in [1.165, 1.54) is 11.8 Å². The molecular formula is C23H30N2O5S. The molecule has 2 aliphatic heterocycles. The number of amides is 1. The Labute approximate surface area is 187 Å². The van der Waals surface area contributed by atoms with Crippen molar-refractivity contribution in [2.75, 3.05) is 19.5 Å². The number of unbranched alkanes of at least 4 members (excludes halogenated alkanes) is 1. The van der Waals surface area contributed by atoms with E-state index in [4.69, 9.17) is 14.2 Å². The molecule has 2 aliphatic rings. The molecule has 3 rings (SSSR count). The lowest BCUT2D eigenvalue weighted by atomic mass is 9.93. The third-order valence-electron chi connectivity index (χ3n) is 5.03. The van der Waals surface area contributed by atoms with Crippen LogP contribution in [0, 0.1) is 0 Å². The number of hydrogen-bond donors (Lipinski definition) is 0. The maximum absolute atomic E-state index is 13.0. The third kappa shape index (κ3) is 5.06. The molecule has 2 heterocycles. The van der Waals surface area contributed by atoms with Crippen LogP contribution in [0.2, 0.25) is 0 Å². The highest BCUT2D eigenvalue weighted by molar-refractivity contribution is 8.14. The number of fused-ring (bicyclic) bond motifs is 1. The number of carbonyl (C=O) groups excluding carboxylic acids is 2. The van der Waals surface area contributed by atoms with Gasteiger partial charge in [0, 0.05) is 12.2 Å². The summed E-state index contributed by atoms with van der Waals surface area (Å²) in [6.07, 6.45) is 2.08. The van der Waals surface area contributed by atoms with E-state index in [0.29, 0.717) is 46.7 Å². The fraction of sp³-hybridized carbons (Fsp3) is 0.522. The van der Waals surface area contributed by atoms with Crippen LogP contribution >= 0.6 is 11.8 Å². The van der Waals surface area contributed by atoms with E-state index >= 15 is 0 Å². The molecule has 0 unspecified atom stereocenters.